The Bertz CT molecular complexity index is 272. The minimum absolute atomic E-state index is 0.0950. The van der Waals surface area contributed by atoms with Gasteiger partial charge < -0.3 is 0 Å². The smallest absolute Gasteiger partial charge is 0.298 e. The Morgan fingerprint density at radius 2 is 1.69 bits per heavy atom. The summed E-state index contributed by atoms with van der Waals surface area (Å²) in [6, 6.07) is 0. The van der Waals surface area contributed by atoms with Gasteiger partial charge in [-0.1, -0.05) is 13.2 Å². The van der Waals surface area contributed by atoms with Crippen molar-refractivity contribution in [3.05, 3.63) is 36.2 Å². The monoisotopic (exact) mass is 194 g/mol. The van der Waals surface area contributed by atoms with Crippen LogP contribution in [0.15, 0.2) is 36.2 Å². The maximum absolute atomic E-state index is 12.1. The van der Waals surface area contributed by atoms with E-state index in [0.717, 1.165) is 0 Å². The standard InChI is InChI=1S/C8H6F4O/c1-5(4-13)7(3-6(2)9)8(10,11)12/h3-4H,1-2H2/b7-3+. The molecule has 0 aromatic heterocycles. The molecule has 0 atom stereocenters. The van der Waals surface area contributed by atoms with Crippen LogP contribution in [-0.2, 0) is 4.79 Å². The molecule has 0 radical (unpaired) electrons. The van der Waals surface area contributed by atoms with Gasteiger partial charge in [0.15, 0.2) is 0 Å². The fraction of sp³-hybridized carbons (Fsp3) is 0.125. The minimum Gasteiger partial charge on any atom is -0.298 e. The number of hydrogen-bond donors (Lipinski definition) is 0. The van der Waals surface area contributed by atoms with Gasteiger partial charge in [0.05, 0.1) is 5.57 Å². The molecule has 0 N–H and O–H groups in total. The zero-order chi connectivity index (χ0) is 10.6. The highest BCUT2D eigenvalue weighted by molar-refractivity contribution is 5.80. The van der Waals surface area contributed by atoms with Crippen molar-refractivity contribution in [1.82, 2.24) is 0 Å². The van der Waals surface area contributed by atoms with Gasteiger partial charge in [-0.15, -0.1) is 0 Å². The topological polar surface area (TPSA) is 17.1 Å². The lowest BCUT2D eigenvalue weighted by Gasteiger charge is -2.09. The van der Waals surface area contributed by atoms with Crippen LogP contribution in [-0.4, -0.2) is 12.5 Å². The Morgan fingerprint density at radius 1 is 1.23 bits per heavy atom. The molecule has 0 amide bonds. The molecule has 0 aromatic carbocycles. The van der Waals surface area contributed by atoms with E-state index in [2.05, 4.69) is 13.2 Å². The predicted molar refractivity (Wildman–Crippen MR) is 39.6 cm³/mol. The summed E-state index contributed by atoms with van der Waals surface area (Å²) in [5.41, 5.74) is -2.25. The second kappa shape index (κ2) is 4.02. The maximum Gasteiger partial charge on any atom is 0.417 e. The molecule has 5 heteroatoms. The van der Waals surface area contributed by atoms with E-state index in [1.165, 1.54) is 0 Å². The summed E-state index contributed by atoms with van der Waals surface area (Å²) in [5.74, 6) is -1.28. The molecule has 0 spiro atoms. The first-order valence-corrected chi connectivity index (χ1v) is 3.06. The molecule has 0 bridgehead atoms. The fourth-order valence-corrected chi connectivity index (χ4v) is 0.577. The van der Waals surface area contributed by atoms with Crippen LogP contribution in [0.1, 0.15) is 0 Å². The number of halogens is 4. The van der Waals surface area contributed by atoms with Crippen LogP contribution in [0.4, 0.5) is 17.6 Å². The van der Waals surface area contributed by atoms with Gasteiger partial charge in [0.2, 0.25) is 0 Å². The van der Waals surface area contributed by atoms with Crippen LogP contribution < -0.4 is 0 Å². The highest BCUT2D eigenvalue weighted by Gasteiger charge is 2.35. The largest absolute Gasteiger partial charge is 0.417 e. The van der Waals surface area contributed by atoms with Crippen molar-refractivity contribution in [3.63, 3.8) is 0 Å². The van der Waals surface area contributed by atoms with Crippen molar-refractivity contribution < 1.29 is 22.4 Å². The van der Waals surface area contributed by atoms with E-state index in [1.54, 1.807) is 0 Å². The quantitative estimate of drug-likeness (QED) is 0.292. The van der Waals surface area contributed by atoms with E-state index >= 15 is 0 Å². The van der Waals surface area contributed by atoms with Gasteiger partial charge >= 0.3 is 6.18 Å². The molecule has 1 nitrogen and oxygen atoms in total. The van der Waals surface area contributed by atoms with Gasteiger partial charge in [0, 0.05) is 5.57 Å². The number of aldehydes is 1. The Labute approximate surface area is 72.0 Å². The molecule has 0 heterocycles. The predicted octanol–water partition coefficient (Wildman–Crippen LogP) is 2.71. The number of carbonyl (C=O) groups excluding carboxylic acids is 1. The van der Waals surface area contributed by atoms with Crippen molar-refractivity contribution in [3.8, 4) is 0 Å². The van der Waals surface area contributed by atoms with E-state index in [1.807, 2.05) is 0 Å². The second-order valence-electron chi connectivity index (χ2n) is 2.15. The van der Waals surface area contributed by atoms with Gasteiger partial charge in [-0.25, -0.2) is 4.39 Å². The highest BCUT2D eigenvalue weighted by Crippen LogP contribution is 2.30. The summed E-state index contributed by atoms with van der Waals surface area (Å²) in [4.78, 5) is 9.98. The summed E-state index contributed by atoms with van der Waals surface area (Å²) in [5, 5.41) is 0. The molecule has 0 saturated heterocycles. The molecule has 0 aliphatic heterocycles. The molecule has 0 fully saturated rings. The van der Waals surface area contributed by atoms with Crippen LogP contribution in [0.2, 0.25) is 0 Å². The first-order valence-electron chi connectivity index (χ1n) is 3.06. The molecule has 0 aliphatic rings. The van der Waals surface area contributed by atoms with Crippen LogP contribution >= 0.6 is 0 Å². The first kappa shape index (κ1) is 11.6. The molecule has 0 aromatic rings. The maximum atomic E-state index is 12.1. The van der Waals surface area contributed by atoms with Gasteiger partial charge in [-0.05, 0) is 6.08 Å². The van der Waals surface area contributed by atoms with Crippen molar-refractivity contribution >= 4 is 6.29 Å². The van der Waals surface area contributed by atoms with Gasteiger partial charge in [0.1, 0.15) is 12.1 Å². The average molecular weight is 194 g/mol. The Hall–Kier alpha value is -1.39. The van der Waals surface area contributed by atoms with E-state index in [4.69, 9.17) is 0 Å². The zero-order valence-corrected chi connectivity index (χ0v) is 6.49. The van der Waals surface area contributed by atoms with Gasteiger partial charge in [0.25, 0.3) is 0 Å². The van der Waals surface area contributed by atoms with Crippen LogP contribution in [0.5, 0.6) is 0 Å². The SMILES string of the molecule is C=C(F)/C=C(\C(=C)C=O)C(F)(F)F. The van der Waals surface area contributed by atoms with Crippen LogP contribution in [0, 0.1) is 0 Å². The molecule has 0 aliphatic carbocycles. The van der Waals surface area contributed by atoms with E-state index < -0.39 is 23.1 Å². The lowest BCUT2D eigenvalue weighted by molar-refractivity contribution is -0.108. The molecule has 0 unspecified atom stereocenters. The third-order valence-corrected chi connectivity index (χ3v) is 1.09. The lowest BCUT2D eigenvalue weighted by Crippen LogP contribution is -2.14. The van der Waals surface area contributed by atoms with Crippen molar-refractivity contribution in [2.45, 2.75) is 6.18 Å². The fourth-order valence-electron chi connectivity index (χ4n) is 0.577. The Morgan fingerprint density at radius 3 is 1.92 bits per heavy atom. The van der Waals surface area contributed by atoms with Crippen molar-refractivity contribution in [2.24, 2.45) is 0 Å². The molecule has 13 heavy (non-hydrogen) atoms. The van der Waals surface area contributed by atoms with Crippen molar-refractivity contribution in [1.29, 1.82) is 0 Å². The molecular weight excluding hydrogens is 188 g/mol. The number of rotatable bonds is 3. The van der Waals surface area contributed by atoms with Gasteiger partial charge in [-0.3, -0.25) is 4.79 Å². The van der Waals surface area contributed by atoms with E-state index in [-0.39, 0.29) is 12.4 Å². The number of hydrogen-bond acceptors (Lipinski definition) is 1. The first-order chi connectivity index (χ1) is 5.79. The van der Waals surface area contributed by atoms with Crippen LogP contribution in [0.25, 0.3) is 0 Å². The molecule has 0 saturated carbocycles. The van der Waals surface area contributed by atoms with E-state index in [9.17, 15) is 22.4 Å². The number of carbonyl (C=O) groups is 1. The number of allylic oxidation sites excluding steroid dienone is 4. The average Bonchev–Trinajstić information content (AvgIpc) is 1.96. The summed E-state index contributed by atoms with van der Waals surface area (Å²) in [6.07, 6.45) is -4.77. The molecule has 0 rings (SSSR count). The Balaban J connectivity index is 5.10. The molecule has 72 valence electrons. The zero-order valence-electron chi connectivity index (χ0n) is 6.49. The third kappa shape index (κ3) is 3.68. The number of alkyl halides is 3. The summed E-state index contributed by atoms with van der Waals surface area (Å²) in [6.45, 7) is 5.45. The third-order valence-electron chi connectivity index (χ3n) is 1.09. The van der Waals surface area contributed by atoms with Crippen molar-refractivity contribution in [2.75, 3.05) is 0 Å². The minimum atomic E-state index is -4.80. The normalized spacial score (nSPS) is 12.5. The summed E-state index contributed by atoms with van der Waals surface area (Å²) < 4.78 is 48.1. The second-order valence-corrected chi connectivity index (χ2v) is 2.15. The van der Waals surface area contributed by atoms with E-state index in [0.29, 0.717) is 0 Å². The summed E-state index contributed by atoms with van der Waals surface area (Å²) >= 11 is 0. The van der Waals surface area contributed by atoms with Crippen LogP contribution in [0.3, 0.4) is 0 Å². The Kier molecular flexibility index (Phi) is 3.59. The highest BCUT2D eigenvalue weighted by atomic mass is 19.4. The van der Waals surface area contributed by atoms with Gasteiger partial charge in [-0.2, -0.15) is 13.2 Å². The summed E-state index contributed by atoms with van der Waals surface area (Å²) in [7, 11) is 0. The molecular formula is C8H6F4O. The lowest BCUT2D eigenvalue weighted by atomic mass is 10.1.